The number of carbonyl (C=O) groups is 2. The Labute approximate surface area is 204 Å². The first kappa shape index (κ1) is 24.2. The molecule has 1 saturated heterocycles. The summed E-state index contributed by atoms with van der Waals surface area (Å²) in [4.78, 5) is 33.5. The Morgan fingerprint density at radius 1 is 1.26 bits per heavy atom. The van der Waals surface area contributed by atoms with E-state index in [0.717, 1.165) is 31.1 Å². The number of carbonyl (C=O) groups excluding carboxylic acids is 2. The zero-order valence-corrected chi connectivity index (χ0v) is 20.5. The minimum Gasteiger partial charge on any atom is -0.359 e. The molecule has 1 saturated carbocycles. The Balaban J connectivity index is 1.65. The summed E-state index contributed by atoms with van der Waals surface area (Å²) in [6, 6.07) is 10.7. The maximum atomic E-state index is 13.7. The molecule has 0 unspecified atom stereocenters. The van der Waals surface area contributed by atoms with Crippen molar-refractivity contribution in [3.05, 3.63) is 41.3 Å². The Morgan fingerprint density at radius 2 is 1.97 bits per heavy atom. The molecule has 3 N–H and O–H groups in total. The van der Waals surface area contributed by atoms with E-state index in [1.807, 2.05) is 37.4 Å². The van der Waals surface area contributed by atoms with Gasteiger partial charge in [-0.25, -0.2) is 4.98 Å². The summed E-state index contributed by atoms with van der Waals surface area (Å²) in [6.07, 6.45) is 3.75. The quantitative estimate of drug-likeness (QED) is 0.506. The van der Waals surface area contributed by atoms with E-state index in [2.05, 4.69) is 22.0 Å². The highest BCUT2D eigenvalue weighted by molar-refractivity contribution is 7.14. The van der Waals surface area contributed by atoms with Crippen molar-refractivity contribution in [2.45, 2.75) is 63.6 Å². The normalized spacial score (nSPS) is 18.1. The molecule has 1 atom stereocenters. The van der Waals surface area contributed by atoms with Crippen LogP contribution in [0.4, 0.5) is 10.9 Å². The van der Waals surface area contributed by atoms with Crippen molar-refractivity contribution in [3.8, 4) is 6.07 Å². The number of nitrogens with one attached hydrogen (secondary N) is 3. The number of nitrogens with zero attached hydrogens (tertiary/aromatic N) is 3. The van der Waals surface area contributed by atoms with E-state index in [1.165, 1.54) is 16.2 Å². The largest absolute Gasteiger partial charge is 0.359 e. The Kier molecular flexibility index (Phi) is 7.49. The van der Waals surface area contributed by atoms with Gasteiger partial charge in [-0.2, -0.15) is 5.26 Å². The second-order valence-corrected chi connectivity index (χ2v) is 10.4. The van der Waals surface area contributed by atoms with Crippen LogP contribution in [0.1, 0.15) is 56.3 Å². The molecule has 34 heavy (non-hydrogen) atoms. The standard InChI is InChI=1S/C25H32N6O2S/c1-17(2)14-20(22(32)30-25(16-26)10-11-25)31(23(33)18-6-4-3-5-7-18)21-15-34-24(29-21)28-19-8-12-27-13-9-19/h3-7,15,17,19-20,27H,8-14H2,1-2H3,(H,28,29)(H,30,32)/t20-/m0/s1. The highest BCUT2D eigenvalue weighted by atomic mass is 32.1. The molecule has 2 aliphatic rings. The summed E-state index contributed by atoms with van der Waals surface area (Å²) in [5, 5.41) is 21.8. The second-order valence-electron chi connectivity index (χ2n) is 9.55. The maximum Gasteiger partial charge on any atom is 0.260 e. The number of thiazole rings is 1. The number of aromatic nitrogens is 1. The summed E-state index contributed by atoms with van der Waals surface area (Å²) in [5.74, 6) is 0.0303. The lowest BCUT2D eigenvalue weighted by molar-refractivity contribution is -0.123. The van der Waals surface area contributed by atoms with Crippen LogP contribution in [0.15, 0.2) is 35.7 Å². The van der Waals surface area contributed by atoms with Crippen LogP contribution >= 0.6 is 11.3 Å². The first-order valence-electron chi connectivity index (χ1n) is 12.0. The predicted octanol–water partition coefficient (Wildman–Crippen LogP) is 3.54. The van der Waals surface area contributed by atoms with Crippen LogP contribution in [0.2, 0.25) is 0 Å². The third-order valence-corrected chi connectivity index (χ3v) is 7.04. The van der Waals surface area contributed by atoms with Crippen LogP contribution in [0.5, 0.6) is 0 Å². The Morgan fingerprint density at radius 3 is 2.59 bits per heavy atom. The van der Waals surface area contributed by atoms with Gasteiger partial charge < -0.3 is 16.0 Å². The fourth-order valence-electron chi connectivity index (χ4n) is 4.19. The van der Waals surface area contributed by atoms with Crippen LogP contribution in [-0.2, 0) is 4.79 Å². The molecule has 1 aliphatic carbocycles. The van der Waals surface area contributed by atoms with Gasteiger partial charge in [-0.05, 0) is 63.2 Å². The van der Waals surface area contributed by atoms with Gasteiger partial charge in [0.15, 0.2) is 5.13 Å². The van der Waals surface area contributed by atoms with Crippen molar-refractivity contribution in [2.24, 2.45) is 5.92 Å². The first-order chi connectivity index (χ1) is 16.4. The van der Waals surface area contributed by atoms with Gasteiger partial charge in [0.25, 0.3) is 5.91 Å². The van der Waals surface area contributed by atoms with E-state index in [-0.39, 0.29) is 17.7 Å². The molecule has 1 aromatic heterocycles. The first-order valence-corrected chi connectivity index (χ1v) is 12.8. The summed E-state index contributed by atoms with van der Waals surface area (Å²) in [7, 11) is 0. The fourth-order valence-corrected chi connectivity index (χ4v) is 4.96. The maximum absolute atomic E-state index is 13.7. The third-order valence-electron chi connectivity index (χ3n) is 6.28. The molecular weight excluding hydrogens is 448 g/mol. The minimum absolute atomic E-state index is 0.157. The summed E-state index contributed by atoms with van der Waals surface area (Å²) >= 11 is 1.44. The molecule has 0 spiro atoms. The molecule has 1 aliphatic heterocycles. The molecule has 9 heteroatoms. The molecule has 2 fully saturated rings. The lowest BCUT2D eigenvalue weighted by Crippen LogP contribution is -2.53. The number of nitriles is 1. The van der Waals surface area contributed by atoms with Crippen LogP contribution in [0, 0.1) is 17.2 Å². The number of amides is 2. The Hall–Kier alpha value is -2.96. The molecule has 0 bridgehead atoms. The average molecular weight is 481 g/mol. The Bertz CT molecular complexity index is 1040. The van der Waals surface area contributed by atoms with Gasteiger partial charge in [0, 0.05) is 17.0 Å². The van der Waals surface area contributed by atoms with Crippen molar-refractivity contribution in [3.63, 3.8) is 0 Å². The van der Waals surface area contributed by atoms with Crippen molar-refractivity contribution >= 4 is 34.1 Å². The number of piperidine rings is 1. The van der Waals surface area contributed by atoms with Crippen molar-refractivity contribution in [2.75, 3.05) is 23.3 Å². The van der Waals surface area contributed by atoms with E-state index in [1.54, 1.807) is 12.1 Å². The van der Waals surface area contributed by atoms with Gasteiger partial charge in [-0.1, -0.05) is 32.0 Å². The van der Waals surface area contributed by atoms with E-state index in [0.29, 0.717) is 36.7 Å². The van der Waals surface area contributed by atoms with Gasteiger partial charge in [-0.3, -0.25) is 14.5 Å². The lowest BCUT2D eigenvalue weighted by Gasteiger charge is -2.31. The van der Waals surface area contributed by atoms with Crippen LogP contribution in [0.25, 0.3) is 0 Å². The van der Waals surface area contributed by atoms with Gasteiger partial charge in [-0.15, -0.1) is 11.3 Å². The summed E-state index contributed by atoms with van der Waals surface area (Å²) < 4.78 is 0. The highest BCUT2D eigenvalue weighted by Gasteiger charge is 2.47. The smallest absolute Gasteiger partial charge is 0.260 e. The number of benzene rings is 1. The van der Waals surface area contributed by atoms with Crippen molar-refractivity contribution in [1.29, 1.82) is 5.26 Å². The summed E-state index contributed by atoms with van der Waals surface area (Å²) in [5.41, 5.74) is -0.316. The van der Waals surface area contributed by atoms with Gasteiger partial charge in [0.2, 0.25) is 5.91 Å². The molecule has 0 radical (unpaired) electrons. The zero-order chi connectivity index (χ0) is 24.1. The minimum atomic E-state index is -0.808. The molecule has 8 nitrogen and oxygen atoms in total. The average Bonchev–Trinajstić information content (AvgIpc) is 3.48. The lowest BCUT2D eigenvalue weighted by atomic mass is 10.00. The molecule has 2 aromatic rings. The van der Waals surface area contributed by atoms with E-state index in [4.69, 9.17) is 4.98 Å². The monoisotopic (exact) mass is 480 g/mol. The van der Waals surface area contributed by atoms with Crippen LogP contribution in [-0.4, -0.2) is 47.5 Å². The van der Waals surface area contributed by atoms with Gasteiger partial charge in [0.05, 0.1) is 6.07 Å². The van der Waals surface area contributed by atoms with E-state index >= 15 is 0 Å². The summed E-state index contributed by atoms with van der Waals surface area (Å²) in [6.45, 7) is 5.97. The predicted molar refractivity (Wildman–Crippen MR) is 134 cm³/mol. The molecule has 4 rings (SSSR count). The van der Waals surface area contributed by atoms with Crippen LogP contribution in [0.3, 0.4) is 0 Å². The SMILES string of the molecule is CC(C)C[C@@H](C(=O)NC1(C#N)CC1)N(C(=O)c1ccccc1)c1csc(NC2CCNCC2)n1. The number of hydrogen-bond donors (Lipinski definition) is 3. The number of hydrogen-bond acceptors (Lipinski definition) is 7. The molecule has 180 valence electrons. The van der Waals surface area contributed by atoms with Crippen LogP contribution < -0.4 is 20.9 Å². The van der Waals surface area contributed by atoms with Crippen molar-refractivity contribution < 1.29 is 9.59 Å². The third kappa shape index (κ3) is 5.75. The number of rotatable bonds is 9. The second kappa shape index (κ2) is 10.5. The van der Waals surface area contributed by atoms with Gasteiger partial charge >= 0.3 is 0 Å². The van der Waals surface area contributed by atoms with Crippen molar-refractivity contribution in [1.82, 2.24) is 15.6 Å². The fraction of sp³-hybridized carbons (Fsp3) is 0.520. The number of anilines is 2. The van der Waals surface area contributed by atoms with E-state index in [9.17, 15) is 14.9 Å². The molecular formula is C25H32N6O2S. The van der Waals surface area contributed by atoms with E-state index < -0.39 is 11.6 Å². The zero-order valence-electron chi connectivity index (χ0n) is 19.7. The topological polar surface area (TPSA) is 110 Å². The molecule has 1 aromatic carbocycles. The highest BCUT2D eigenvalue weighted by Crippen LogP contribution is 2.35. The molecule has 2 heterocycles. The van der Waals surface area contributed by atoms with Gasteiger partial charge in [0.1, 0.15) is 17.4 Å². The molecule has 2 amide bonds.